The van der Waals surface area contributed by atoms with Crippen molar-refractivity contribution in [3.05, 3.63) is 23.9 Å². The number of fused-ring (bicyclic) bond motifs is 3. The van der Waals surface area contributed by atoms with Crippen molar-refractivity contribution in [2.45, 2.75) is 29.2 Å². The normalized spacial score (nSPS) is 31.8. The molecule has 2 bridgehead atoms. The second-order valence-corrected chi connectivity index (χ2v) is 8.37. The van der Waals surface area contributed by atoms with Crippen LogP contribution in [0.1, 0.15) is 29.2 Å². The molecule has 6 atom stereocenters. The van der Waals surface area contributed by atoms with Crippen LogP contribution in [0.5, 0.6) is 0 Å². The largest absolute Gasteiger partial charge is 1.00 e. The number of rotatable bonds is 3. The Balaban J connectivity index is 0.00000225. The van der Waals surface area contributed by atoms with Gasteiger partial charge in [-0.1, -0.05) is 0 Å². The minimum Gasteiger partial charge on any atom is -1.00 e. The van der Waals surface area contributed by atoms with Crippen LogP contribution in [0, 0.1) is 23.7 Å². The quantitative estimate of drug-likeness (QED) is 0.326. The zero-order valence-corrected chi connectivity index (χ0v) is 17.4. The molecule has 0 spiro atoms. The van der Waals surface area contributed by atoms with Gasteiger partial charge in [0.15, 0.2) is 12.2 Å². The highest BCUT2D eigenvalue weighted by Gasteiger charge is 2.66. The molecule has 3 saturated carbocycles. The van der Waals surface area contributed by atoms with Crippen molar-refractivity contribution in [3.63, 3.8) is 0 Å². The highest BCUT2D eigenvalue weighted by molar-refractivity contribution is 8.00. The highest BCUT2D eigenvalue weighted by Crippen LogP contribution is 2.60. The standard InChI is InChI=1S/C19H22NO6S.ClH/c1-24-17(21)11-5-4-8-20-14-9-6-7-10(15(14)27-16(11)20)13(19(23)26-3)12(9)18(22)25-2;/h4-5,8-10,12-15H,6-7H2,1-3H3;1H/q+1;/p-1. The number of hydrogen-bond donors (Lipinski definition) is 0. The highest BCUT2D eigenvalue weighted by atomic mass is 35.5. The molecule has 1 aromatic heterocycles. The molecule has 5 rings (SSSR count). The maximum Gasteiger partial charge on any atom is 0.345 e. The van der Waals surface area contributed by atoms with Gasteiger partial charge in [-0.25, -0.2) is 4.79 Å². The van der Waals surface area contributed by atoms with E-state index in [1.54, 1.807) is 17.8 Å². The van der Waals surface area contributed by atoms with Crippen molar-refractivity contribution in [2.24, 2.45) is 23.7 Å². The number of halogens is 1. The first-order chi connectivity index (χ1) is 13.0. The number of hydrogen-bond acceptors (Lipinski definition) is 7. The van der Waals surface area contributed by atoms with Gasteiger partial charge in [0.25, 0.3) is 5.03 Å². The van der Waals surface area contributed by atoms with E-state index in [2.05, 4.69) is 4.57 Å². The van der Waals surface area contributed by atoms with Crippen molar-refractivity contribution in [3.8, 4) is 0 Å². The maximum absolute atomic E-state index is 12.6. The predicted octanol–water partition coefficient (Wildman–Crippen LogP) is -1.60. The molecule has 3 fully saturated rings. The van der Waals surface area contributed by atoms with E-state index in [0.29, 0.717) is 5.56 Å². The summed E-state index contributed by atoms with van der Waals surface area (Å²) in [7, 11) is 4.08. The number of aromatic nitrogens is 1. The molecule has 0 saturated heterocycles. The summed E-state index contributed by atoms with van der Waals surface area (Å²) in [5, 5.41) is 0.949. The van der Waals surface area contributed by atoms with Crippen LogP contribution in [-0.2, 0) is 23.8 Å². The number of carbonyl (C=O) groups is 3. The Labute approximate surface area is 173 Å². The zero-order chi connectivity index (χ0) is 19.3. The van der Waals surface area contributed by atoms with Crippen molar-refractivity contribution in [1.82, 2.24) is 0 Å². The first-order valence-electron chi connectivity index (χ1n) is 8.98. The molecule has 6 unspecified atom stereocenters. The average molecular weight is 428 g/mol. The molecule has 1 aliphatic heterocycles. The Morgan fingerprint density at radius 3 is 2.21 bits per heavy atom. The zero-order valence-electron chi connectivity index (χ0n) is 15.8. The maximum atomic E-state index is 12.6. The topological polar surface area (TPSA) is 82.8 Å². The Kier molecular flexibility index (Phi) is 5.91. The summed E-state index contributed by atoms with van der Waals surface area (Å²) in [6, 6.07) is 3.61. The monoisotopic (exact) mass is 427 g/mol. The fraction of sp³-hybridized carbons (Fsp3) is 0.579. The molecule has 9 heteroatoms. The van der Waals surface area contributed by atoms with Gasteiger partial charge >= 0.3 is 17.9 Å². The average Bonchev–Trinajstić information content (AvgIpc) is 3.12. The Hall–Kier alpha value is -1.80. The van der Waals surface area contributed by atoms with E-state index < -0.39 is 11.8 Å². The van der Waals surface area contributed by atoms with E-state index in [1.165, 1.54) is 21.3 Å². The fourth-order valence-corrected chi connectivity index (χ4v) is 7.02. The van der Waals surface area contributed by atoms with E-state index in [4.69, 9.17) is 14.2 Å². The molecule has 0 amide bonds. The predicted molar refractivity (Wildman–Crippen MR) is 93.9 cm³/mol. The molecule has 152 valence electrons. The van der Waals surface area contributed by atoms with E-state index in [1.807, 2.05) is 12.3 Å². The third-order valence-electron chi connectivity index (χ3n) is 6.24. The van der Waals surface area contributed by atoms with Crippen molar-refractivity contribution in [2.75, 3.05) is 21.3 Å². The van der Waals surface area contributed by atoms with Crippen LogP contribution in [0.3, 0.4) is 0 Å². The molecule has 28 heavy (non-hydrogen) atoms. The van der Waals surface area contributed by atoms with Crippen LogP contribution >= 0.6 is 11.8 Å². The molecular formula is C19H22ClNO6S. The smallest absolute Gasteiger partial charge is 0.345 e. The van der Waals surface area contributed by atoms with Crippen molar-refractivity contribution >= 4 is 29.7 Å². The molecule has 4 aliphatic rings. The van der Waals surface area contributed by atoms with Gasteiger partial charge in [-0.05, 0) is 36.6 Å². The first-order valence-corrected chi connectivity index (χ1v) is 9.86. The second-order valence-electron chi connectivity index (χ2n) is 7.20. The lowest BCUT2D eigenvalue weighted by atomic mass is 9.56. The lowest BCUT2D eigenvalue weighted by Crippen LogP contribution is -3.00. The van der Waals surface area contributed by atoms with Crippen LogP contribution in [0.4, 0.5) is 0 Å². The molecule has 7 nitrogen and oxygen atoms in total. The van der Waals surface area contributed by atoms with E-state index in [0.717, 1.165) is 17.9 Å². The molecule has 0 aromatic carbocycles. The van der Waals surface area contributed by atoms with Crippen LogP contribution in [-0.4, -0.2) is 44.5 Å². The Bertz CT molecular complexity index is 818. The van der Waals surface area contributed by atoms with E-state index >= 15 is 0 Å². The van der Waals surface area contributed by atoms with Crippen LogP contribution in [0.2, 0.25) is 0 Å². The first kappa shape index (κ1) is 20.9. The van der Waals surface area contributed by atoms with Crippen molar-refractivity contribution < 1.29 is 45.6 Å². The lowest BCUT2D eigenvalue weighted by molar-refractivity contribution is -0.762. The summed E-state index contributed by atoms with van der Waals surface area (Å²) < 4.78 is 17.1. The number of carbonyl (C=O) groups excluding carboxylic acids is 3. The molecule has 1 aromatic rings. The van der Waals surface area contributed by atoms with Crippen LogP contribution < -0.4 is 17.0 Å². The third kappa shape index (κ3) is 2.88. The molecule has 3 aliphatic carbocycles. The summed E-state index contributed by atoms with van der Waals surface area (Å²) >= 11 is 1.61. The minimum atomic E-state index is -0.525. The molecule has 0 N–H and O–H groups in total. The van der Waals surface area contributed by atoms with Gasteiger partial charge in [0, 0.05) is 12.0 Å². The number of methoxy groups -OCH3 is 3. The number of thioether (sulfide) groups is 1. The van der Waals surface area contributed by atoms with E-state index in [9.17, 15) is 14.4 Å². The number of nitrogens with zero attached hydrogens (tertiary/aromatic N) is 1. The van der Waals surface area contributed by atoms with Gasteiger partial charge in [-0.15, -0.1) is 0 Å². The molecule has 0 radical (unpaired) electrons. The summed E-state index contributed by atoms with van der Waals surface area (Å²) in [5.74, 6) is -2.17. The van der Waals surface area contributed by atoms with Gasteiger partial charge in [-0.2, -0.15) is 4.57 Å². The number of pyridine rings is 1. The fourth-order valence-electron chi connectivity index (χ4n) is 5.23. The SMILES string of the molecule is COC(=O)c1ccc[n+]2c1SC1C3CCC(C(C(=O)OC)C3C(=O)OC)C12.[Cl-]. The van der Waals surface area contributed by atoms with Gasteiger partial charge < -0.3 is 26.6 Å². The Morgan fingerprint density at radius 1 is 1.00 bits per heavy atom. The van der Waals surface area contributed by atoms with Crippen LogP contribution in [0.25, 0.3) is 0 Å². The van der Waals surface area contributed by atoms with Gasteiger partial charge in [0.2, 0.25) is 0 Å². The third-order valence-corrected chi connectivity index (χ3v) is 7.79. The molecule has 2 heterocycles. The number of esters is 3. The van der Waals surface area contributed by atoms with E-state index in [-0.39, 0.29) is 53.4 Å². The second kappa shape index (κ2) is 7.91. The summed E-state index contributed by atoms with van der Waals surface area (Å²) in [6.45, 7) is 0. The molecular weight excluding hydrogens is 406 g/mol. The van der Waals surface area contributed by atoms with Crippen molar-refractivity contribution in [1.29, 1.82) is 0 Å². The number of ether oxygens (including phenoxy) is 3. The van der Waals surface area contributed by atoms with Gasteiger partial charge in [0.05, 0.1) is 38.4 Å². The minimum absolute atomic E-state index is 0. The van der Waals surface area contributed by atoms with Gasteiger partial charge in [0.1, 0.15) is 5.56 Å². The van der Waals surface area contributed by atoms with Crippen LogP contribution in [0.15, 0.2) is 23.4 Å². The Morgan fingerprint density at radius 2 is 1.61 bits per heavy atom. The summed E-state index contributed by atoms with van der Waals surface area (Å²) in [5.41, 5.74) is 0.517. The lowest BCUT2D eigenvalue weighted by Gasteiger charge is -2.49. The summed E-state index contributed by atoms with van der Waals surface area (Å²) in [4.78, 5) is 37.3. The summed E-state index contributed by atoms with van der Waals surface area (Å²) in [6.07, 6.45) is 3.64. The van der Waals surface area contributed by atoms with Gasteiger partial charge in [-0.3, -0.25) is 9.59 Å².